The van der Waals surface area contributed by atoms with Crippen LogP contribution in [0.4, 0.5) is 5.69 Å². The van der Waals surface area contributed by atoms with Crippen LogP contribution in [0, 0.1) is 6.92 Å². The lowest BCUT2D eigenvalue weighted by Gasteiger charge is -2.20. The number of methoxy groups -OCH3 is 1. The van der Waals surface area contributed by atoms with Gasteiger partial charge >= 0.3 is 5.97 Å². The topological polar surface area (TPSA) is 111 Å². The normalized spacial score (nSPS) is 12.0. The van der Waals surface area contributed by atoms with Crippen molar-refractivity contribution in [2.24, 2.45) is 0 Å². The highest BCUT2D eigenvalue weighted by Gasteiger charge is 2.28. The lowest BCUT2D eigenvalue weighted by molar-refractivity contribution is -0.117. The lowest BCUT2D eigenvalue weighted by atomic mass is 10.1. The third-order valence-corrected chi connectivity index (χ3v) is 6.66. The molecule has 2 N–H and O–H groups in total. The molecule has 8 nitrogen and oxygen atoms in total. The minimum Gasteiger partial charge on any atom is -0.495 e. The number of hydrogen-bond donors (Lipinski definition) is 2. The molecule has 9 heteroatoms. The number of rotatable bonds is 10. The van der Waals surface area contributed by atoms with Crippen molar-refractivity contribution in [2.75, 3.05) is 19.0 Å². The Kier molecular flexibility index (Phi) is 8.62. The molecule has 3 aromatic carbocycles. The van der Waals surface area contributed by atoms with E-state index in [1.807, 2.05) is 30.3 Å². The Balaban J connectivity index is 1.86. The fourth-order valence-electron chi connectivity index (χ4n) is 3.42. The second-order valence-corrected chi connectivity index (χ2v) is 9.49. The van der Waals surface area contributed by atoms with Crippen LogP contribution in [0.1, 0.15) is 28.4 Å². The number of nitrogens with one attached hydrogen (secondary N) is 2. The van der Waals surface area contributed by atoms with Gasteiger partial charge in [-0.1, -0.05) is 36.4 Å². The summed E-state index contributed by atoms with van der Waals surface area (Å²) in [6, 6.07) is 19.0. The van der Waals surface area contributed by atoms with Crippen LogP contribution >= 0.6 is 0 Å². The van der Waals surface area contributed by atoms with Crippen molar-refractivity contribution in [3.8, 4) is 5.75 Å². The van der Waals surface area contributed by atoms with Gasteiger partial charge in [-0.15, -0.1) is 0 Å². The summed E-state index contributed by atoms with van der Waals surface area (Å²) < 4.78 is 39.3. The van der Waals surface area contributed by atoms with Crippen molar-refractivity contribution in [1.82, 2.24) is 4.72 Å². The molecule has 184 valence electrons. The lowest BCUT2D eigenvalue weighted by Crippen LogP contribution is -2.45. The molecular weight excluding hydrogens is 468 g/mol. The summed E-state index contributed by atoms with van der Waals surface area (Å²) in [4.78, 5) is 25.0. The Morgan fingerprint density at radius 1 is 0.971 bits per heavy atom. The molecule has 0 aromatic heterocycles. The second-order valence-electron chi connectivity index (χ2n) is 7.80. The molecule has 0 unspecified atom stereocenters. The zero-order valence-electron chi connectivity index (χ0n) is 19.8. The molecule has 0 aliphatic carbocycles. The van der Waals surface area contributed by atoms with Crippen LogP contribution in [0.2, 0.25) is 0 Å². The molecule has 3 rings (SSSR count). The largest absolute Gasteiger partial charge is 0.495 e. The van der Waals surface area contributed by atoms with Gasteiger partial charge < -0.3 is 14.8 Å². The van der Waals surface area contributed by atoms with Gasteiger partial charge in [-0.2, -0.15) is 4.72 Å². The van der Waals surface area contributed by atoms with Gasteiger partial charge in [-0.05, 0) is 67.8 Å². The Labute approximate surface area is 205 Å². The first kappa shape index (κ1) is 25.9. The van der Waals surface area contributed by atoms with E-state index in [2.05, 4.69) is 10.0 Å². The molecule has 0 aliphatic heterocycles. The average molecular weight is 497 g/mol. The molecule has 3 aromatic rings. The molecule has 0 bridgehead atoms. The van der Waals surface area contributed by atoms with E-state index in [0.29, 0.717) is 11.3 Å². The number of benzene rings is 3. The van der Waals surface area contributed by atoms with E-state index in [0.717, 1.165) is 11.1 Å². The Hall–Kier alpha value is -3.69. The van der Waals surface area contributed by atoms with E-state index in [1.54, 1.807) is 38.1 Å². The molecule has 0 saturated heterocycles. The molecule has 0 heterocycles. The maximum atomic E-state index is 13.3. The number of aryl methyl sites for hydroxylation is 1. The van der Waals surface area contributed by atoms with Crippen molar-refractivity contribution in [1.29, 1.82) is 0 Å². The smallest absolute Gasteiger partial charge is 0.338 e. The first-order valence-corrected chi connectivity index (χ1v) is 12.5. The van der Waals surface area contributed by atoms with Gasteiger partial charge in [0.15, 0.2) is 0 Å². The fraction of sp³-hybridized carbons (Fsp3) is 0.231. The first-order chi connectivity index (χ1) is 16.7. The number of hydrogen-bond acceptors (Lipinski definition) is 6. The van der Waals surface area contributed by atoms with Gasteiger partial charge in [-0.25, -0.2) is 13.2 Å². The predicted molar refractivity (Wildman–Crippen MR) is 133 cm³/mol. The molecule has 0 spiro atoms. The zero-order valence-corrected chi connectivity index (χ0v) is 20.6. The van der Waals surface area contributed by atoms with E-state index >= 15 is 0 Å². The summed E-state index contributed by atoms with van der Waals surface area (Å²) in [5.41, 5.74) is 2.27. The van der Waals surface area contributed by atoms with Gasteiger partial charge in [0.05, 0.1) is 19.3 Å². The molecule has 0 saturated carbocycles. The number of ether oxygens (including phenoxy) is 2. The molecule has 1 atom stereocenters. The molecule has 0 aliphatic rings. The number of carbonyl (C=O) groups is 2. The molecule has 35 heavy (non-hydrogen) atoms. The monoisotopic (exact) mass is 496 g/mol. The van der Waals surface area contributed by atoms with E-state index in [4.69, 9.17) is 9.47 Å². The number of esters is 1. The highest BCUT2D eigenvalue weighted by atomic mass is 32.2. The molecule has 0 radical (unpaired) electrons. The SMILES string of the molecule is CCOC(=O)c1ccc(NC(=O)[C@H](Cc2ccccc2)NS(=O)(=O)c2cc(C)ccc2OC)cc1. The van der Waals surface area contributed by atoms with E-state index in [1.165, 1.54) is 25.3 Å². The minimum atomic E-state index is -4.10. The summed E-state index contributed by atoms with van der Waals surface area (Å²) in [6.07, 6.45) is 0.126. The first-order valence-electron chi connectivity index (χ1n) is 11.0. The maximum absolute atomic E-state index is 13.3. The van der Waals surface area contributed by atoms with Crippen LogP contribution in [0.15, 0.2) is 77.7 Å². The van der Waals surface area contributed by atoms with Gasteiger partial charge in [0.2, 0.25) is 15.9 Å². The fourth-order valence-corrected chi connectivity index (χ4v) is 4.87. The maximum Gasteiger partial charge on any atom is 0.338 e. The van der Waals surface area contributed by atoms with E-state index in [9.17, 15) is 18.0 Å². The van der Waals surface area contributed by atoms with Crippen LogP contribution in [-0.2, 0) is 26.0 Å². The second kappa shape index (κ2) is 11.6. The Morgan fingerprint density at radius 3 is 2.29 bits per heavy atom. The van der Waals surface area contributed by atoms with Crippen molar-refractivity contribution in [3.05, 3.63) is 89.5 Å². The van der Waals surface area contributed by atoms with Gasteiger partial charge in [-0.3, -0.25) is 4.79 Å². The number of sulfonamides is 1. The van der Waals surface area contributed by atoms with Crippen molar-refractivity contribution >= 4 is 27.6 Å². The third-order valence-electron chi connectivity index (χ3n) is 5.17. The highest BCUT2D eigenvalue weighted by molar-refractivity contribution is 7.89. The molecule has 0 fully saturated rings. The van der Waals surface area contributed by atoms with Gasteiger partial charge in [0.1, 0.15) is 16.7 Å². The summed E-state index contributed by atoms with van der Waals surface area (Å²) in [6.45, 7) is 3.74. The predicted octanol–water partition coefficient (Wildman–Crippen LogP) is 3.71. The number of carbonyl (C=O) groups excluding carboxylic acids is 2. The van der Waals surface area contributed by atoms with Crippen LogP contribution in [0.5, 0.6) is 5.75 Å². The average Bonchev–Trinajstić information content (AvgIpc) is 2.84. The van der Waals surface area contributed by atoms with Crippen LogP contribution in [0.3, 0.4) is 0 Å². The molecular formula is C26H28N2O6S. The number of amides is 1. The summed E-state index contributed by atoms with van der Waals surface area (Å²) in [5, 5.41) is 2.73. The number of anilines is 1. The van der Waals surface area contributed by atoms with Crippen LogP contribution in [-0.4, -0.2) is 40.1 Å². The quantitative estimate of drug-likeness (QED) is 0.414. The zero-order chi connectivity index (χ0) is 25.4. The van der Waals surface area contributed by atoms with Crippen LogP contribution < -0.4 is 14.8 Å². The van der Waals surface area contributed by atoms with E-state index < -0.39 is 27.9 Å². The Morgan fingerprint density at radius 2 is 1.66 bits per heavy atom. The van der Waals surface area contributed by atoms with E-state index in [-0.39, 0.29) is 23.7 Å². The van der Waals surface area contributed by atoms with Gasteiger partial charge in [0, 0.05) is 5.69 Å². The summed E-state index contributed by atoms with van der Waals surface area (Å²) >= 11 is 0. The summed E-state index contributed by atoms with van der Waals surface area (Å²) in [5.74, 6) is -0.836. The third kappa shape index (κ3) is 6.91. The highest BCUT2D eigenvalue weighted by Crippen LogP contribution is 2.25. The van der Waals surface area contributed by atoms with Crippen molar-refractivity contribution in [2.45, 2.75) is 31.2 Å². The minimum absolute atomic E-state index is 0.0512. The standard InChI is InChI=1S/C26H28N2O6S/c1-4-34-26(30)20-11-13-21(14-12-20)27-25(29)22(17-19-8-6-5-7-9-19)28-35(31,32)24-16-18(2)10-15-23(24)33-3/h5-16,22,28H,4,17H2,1-3H3,(H,27,29)/t22-/m0/s1. The van der Waals surface area contributed by atoms with Gasteiger partial charge in [0.25, 0.3) is 0 Å². The van der Waals surface area contributed by atoms with Crippen molar-refractivity contribution < 1.29 is 27.5 Å². The molecule has 1 amide bonds. The Bertz CT molecular complexity index is 1270. The van der Waals surface area contributed by atoms with Crippen LogP contribution in [0.25, 0.3) is 0 Å². The van der Waals surface area contributed by atoms with Crippen molar-refractivity contribution in [3.63, 3.8) is 0 Å². The summed E-state index contributed by atoms with van der Waals surface area (Å²) in [7, 11) is -2.72.